The molecule has 1 aromatic heterocycles. The maximum atomic E-state index is 15.0. The summed E-state index contributed by atoms with van der Waals surface area (Å²) in [6.45, 7) is 0. The van der Waals surface area contributed by atoms with E-state index in [4.69, 9.17) is 23.2 Å². The summed E-state index contributed by atoms with van der Waals surface area (Å²) in [5.41, 5.74) is 4.07. The zero-order valence-corrected chi connectivity index (χ0v) is 18.7. The van der Waals surface area contributed by atoms with Crippen LogP contribution in [0.5, 0.6) is 0 Å². The zero-order chi connectivity index (χ0) is 23.0. The lowest BCUT2D eigenvalue weighted by molar-refractivity contribution is 0.0348. The number of hydrogen-bond donors (Lipinski definition) is 1. The molecule has 0 atom stereocenters. The number of carbonyl (C=O) groups excluding carboxylic acids is 1. The Kier molecular flexibility index (Phi) is 6.53. The molecule has 5 nitrogen and oxygen atoms in total. The number of anilines is 1. The number of benzene rings is 2. The molecule has 0 bridgehead atoms. The van der Waals surface area contributed by atoms with Crippen LogP contribution in [0.25, 0.3) is 11.0 Å². The van der Waals surface area contributed by atoms with Crippen molar-refractivity contribution >= 4 is 45.8 Å². The molecule has 10 heteroatoms. The molecule has 32 heavy (non-hydrogen) atoms. The molecular formula is C22H21Cl2F3N4O. The molecule has 1 fully saturated rings. The van der Waals surface area contributed by atoms with Crippen molar-refractivity contribution in [3.63, 3.8) is 0 Å². The van der Waals surface area contributed by atoms with Gasteiger partial charge < -0.3 is 4.57 Å². The lowest BCUT2D eigenvalue weighted by Crippen LogP contribution is -2.46. The van der Waals surface area contributed by atoms with Crippen molar-refractivity contribution in [2.75, 3.05) is 5.43 Å². The number of aryl methyl sites for hydroxylation is 1. The molecule has 170 valence electrons. The highest BCUT2D eigenvalue weighted by Crippen LogP contribution is 2.35. The number of fused-ring (bicyclic) bond motifs is 1. The second kappa shape index (κ2) is 9.19. The Labute approximate surface area is 193 Å². The predicted molar refractivity (Wildman–Crippen MR) is 119 cm³/mol. The highest BCUT2D eigenvalue weighted by Gasteiger charge is 2.34. The van der Waals surface area contributed by atoms with Gasteiger partial charge in [0.1, 0.15) is 5.82 Å². The van der Waals surface area contributed by atoms with Gasteiger partial charge in [0.05, 0.1) is 44.7 Å². The Morgan fingerprint density at radius 3 is 2.47 bits per heavy atom. The van der Waals surface area contributed by atoms with Crippen molar-refractivity contribution in [3.05, 3.63) is 58.1 Å². The highest BCUT2D eigenvalue weighted by atomic mass is 35.5. The third-order valence-corrected chi connectivity index (χ3v) is 6.55. The summed E-state index contributed by atoms with van der Waals surface area (Å²) in [5, 5.41) is 1.82. The number of hydrogen-bond acceptors (Lipinski definition) is 3. The van der Waals surface area contributed by atoms with E-state index < -0.39 is 30.1 Å². The number of hydrazine groups is 1. The van der Waals surface area contributed by atoms with E-state index in [1.54, 1.807) is 29.8 Å². The number of para-hydroxylation sites is 1. The Balaban J connectivity index is 1.70. The molecular weight excluding hydrogens is 464 g/mol. The molecule has 0 radical (unpaired) electrons. The van der Waals surface area contributed by atoms with Crippen LogP contribution in [0, 0.1) is 11.7 Å². The van der Waals surface area contributed by atoms with Crippen LogP contribution in [0.2, 0.25) is 10.0 Å². The maximum absolute atomic E-state index is 15.0. The van der Waals surface area contributed by atoms with Crippen LogP contribution < -0.4 is 5.43 Å². The topological polar surface area (TPSA) is 50.2 Å². The van der Waals surface area contributed by atoms with Crippen molar-refractivity contribution in [1.29, 1.82) is 0 Å². The van der Waals surface area contributed by atoms with Gasteiger partial charge in [-0.05, 0) is 43.9 Å². The van der Waals surface area contributed by atoms with Gasteiger partial charge in [-0.3, -0.25) is 10.2 Å². The number of halogens is 5. The van der Waals surface area contributed by atoms with E-state index in [0.717, 1.165) is 0 Å². The first-order chi connectivity index (χ1) is 15.3. The van der Waals surface area contributed by atoms with E-state index in [1.165, 1.54) is 23.5 Å². The minimum atomic E-state index is -2.41. The summed E-state index contributed by atoms with van der Waals surface area (Å²) in [4.78, 5) is 17.7. The number of amides is 1. The fraction of sp³-hybridized carbons (Fsp3) is 0.364. The number of alkyl halides is 2. The van der Waals surface area contributed by atoms with Gasteiger partial charge in [0.25, 0.3) is 5.91 Å². The van der Waals surface area contributed by atoms with Crippen LogP contribution in [-0.2, 0) is 7.05 Å². The van der Waals surface area contributed by atoms with Crippen LogP contribution in [0.4, 0.5) is 18.9 Å². The lowest BCUT2D eigenvalue weighted by Gasteiger charge is -2.37. The van der Waals surface area contributed by atoms with Crippen LogP contribution in [0.15, 0.2) is 36.7 Å². The predicted octanol–water partition coefficient (Wildman–Crippen LogP) is 6.31. The van der Waals surface area contributed by atoms with E-state index in [1.807, 2.05) is 0 Å². The van der Waals surface area contributed by atoms with Crippen molar-refractivity contribution in [2.45, 2.75) is 38.2 Å². The Hall–Kier alpha value is -2.45. The van der Waals surface area contributed by atoms with Crippen molar-refractivity contribution < 1.29 is 18.0 Å². The standard InChI is InChI=1S/C22H21Cl2F3N4O/c1-30-11-28-18-9-14(17(25)10-19(18)30)22(32)31(13-7-5-12(6-8-13)21(26)27)29-20-15(23)3-2-4-16(20)24/h2-4,9-13,21,29H,5-8H2,1H3. The molecule has 1 aliphatic rings. The average Bonchev–Trinajstić information content (AvgIpc) is 3.12. The van der Waals surface area contributed by atoms with Gasteiger partial charge in [0.15, 0.2) is 0 Å². The minimum absolute atomic E-state index is 0.178. The molecule has 0 spiro atoms. The Morgan fingerprint density at radius 2 is 1.84 bits per heavy atom. The fourth-order valence-electron chi connectivity index (χ4n) is 4.09. The second-order valence-electron chi connectivity index (χ2n) is 7.96. The van der Waals surface area contributed by atoms with E-state index in [0.29, 0.717) is 29.6 Å². The maximum Gasteiger partial charge on any atom is 0.275 e. The number of nitrogens with one attached hydrogen (secondary N) is 1. The zero-order valence-electron chi connectivity index (χ0n) is 17.2. The largest absolute Gasteiger partial charge is 0.334 e. The van der Waals surface area contributed by atoms with Gasteiger partial charge in [-0.15, -0.1) is 0 Å². The summed E-state index contributed by atoms with van der Waals surface area (Å²) in [6.07, 6.45) is 0.309. The number of imidazole rings is 1. The first kappa shape index (κ1) is 22.7. The molecule has 3 aromatic rings. The van der Waals surface area contributed by atoms with Gasteiger partial charge in [-0.2, -0.15) is 0 Å². The van der Waals surface area contributed by atoms with Crippen LogP contribution in [0.3, 0.4) is 0 Å². The van der Waals surface area contributed by atoms with Gasteiger partial charge in [-0.1, -0.05) is 29.3 Å². The highest BCUT2D eigenvalue weighted by molar-refractivity contribution is 6.39. The monoisotopic (exact) mass is 484 g/mol. The molecule has 1 amide bonds. The van der Waals surface area contributed by atoms with Crippen LogP contribution in [0.1, 0.15) is 36.0 Å². The molecule has 1 heterocycles. The van der Waals surface area contributed by atoms with Crippen molar-refractivity contribution in [2.24, 2.45) is 13.0 Å². The first-order valence-corrected chi connectivity index (χ1v) is 10.9. The number of aromatic nitrogens is 2. The summed E-state index contributed by atoms with van der Waals surface area (Å²) in [6, 6.07) is 7.07. The van der Waals surface area contributed by atoms with E-state index in [-0.39, 0.29) is 28.5 Å². The molecule has 0 unspecified atom stereocenters. The molecule has 0 aliphatic heterocycles. The summed E-state index contributed by atoms with van der Waals surface area (Å²) in [5.74, 6) is -2.07. The average molecular weight is 485 g/mol. The van der Waals surface area contributed by atoms with Crippen LogP contribution in [-0.4, -0.2) is 32.9 Å². The smallest absolute Gasteiger partial charge is 0.275 e. The van der Waals surface area contributed by atoms with Crippen molar-refractivity contribution in [1.82, 2.24) is 14.6 Å². The molecule has 0 saturated heterocycles. The van der Waals surface area contributed by atoms with E-state index in [2.05, 4.69) is 10.4 Å². The van der Waals surface area contributed by atoms with Gasteiger partial charge >= 0.3 is 0 Å². The number of carbonyl (C=O) groups is 1. The van der Waals surface area contributed by atoms with Crippen molar-refractivity contribution in [3.8, 4) is 0 Å². The second-order valence-corrected chi connectivity index (χ2v) is 8.78. The quantitative estimate of drug-likeness (QED) is 0.431. The normalized spacial score (nSPS) is 18.8. The Bertz CT molecular complexity index is 1130. The van der Waals surface area contributed by atoms with E-state index >= 15 is 0 Å². The molecule has 4 rings (SSSR count). The minimum Gasteiger partial charge on any atom is -0.334 e. The molecule has 1 saturated carbocycles. The third-order valence-electron chi connectivity index (χ3n) is 5.92. The lowest BCUT2D eigenvalue weighted by atomic mass is 9.86. The summed E-state index contributed by atoms with van der Waals surface area (Å²) >= 11 is 12.5. The molecule has 1 N–H and O–H groups in total. The first-order valence-electron chi connectivity index (χ1n) is 10.2. The number of rotatable bonds is 5. The van der Waals surface area contributed by atoms with Gasteiger partial charge in [-0.25, -0.2) is 23.2 Å². The molecule has 2 aromatic carbocycles. The van der Waals surface area contributed by atoms with E-state index in [9.17, 15) is 18.0 Å². The van der Waals surface area contributed by atoms with Gasteiger partial charge in [0.2, 0.25) is 6.43 Å². The molecule has 1 aliphatic carbocycles. The third kappa shape index (κ3) is 4.38. The summed E-state index contributed by atoms with van der Waals surface area (Å²) < 4.78 is 42.9. The van der Waals surface area contributed by atoms with Crippen LogP contribution >= 0.6 is 23.2 Å². The Morgan fingerprint density at radius 1 is 1.19 bits per heavy atom. The summed E-state index contributed by atoms with van der Waals surface area (Å²) in [7, 11) is 1.73. The SMILES string of the molecule is Cn1cnc2cc(C(=O)N(Nc3c(Cl)cccc3Cl)C3CCC(C(F)F)CC3)c(F)cc21. The fourth-order valence-corrected chi connectivity index (χ4v) is 4.57. The number of nitrogens with zero attached hydrogens (tertiary/aromatic N) is 3. The van der Waals surface area contributed by atoms with Gasteiger partial charge in [0, 0.05) is 19.0 Å².